The van der Waals surface area contributed by atoms with Crippen molar-refractivity contribution in [3.05, 3.63) is 42.5 Å². The van der Waals surface area contributed by atoms with Crippen LogP contribution in [0, 0.1) is 5.92 Å². The van der Waals surface area contributed by atoms with Crippen molar-refractivity contribution in [2.24, 2.45) is 5.92 Å². The van der Waals surface area contributed by atoms with Gasteiger partial charge in [0.1, 0.15) is 22.1 Å². The molecule has 1 fully saturated rings. The lowest BCUT2D eigenvalue weighted by atomic mass is 9.98. The fraction of sp³-hybridized carbons (Fsp3) is 0.409. The molecule has 9 heteroatoms. The Balaban J connectivity index is 1.83. The molecule has 0 saturated carbocycles. The van der Waals surface area contributed by atoms with Crippen molar-refractivity contribution < 1.29 is 27.4 Å². The molecule has 0 unspecified atom stereocenters. The Morgan fingerprint density at radius 3 is 2.42 bits per heavy atom. The number of anilines is 1. The van der Waals surface area contributed by atoms with Crippen LogP contribution < -0.4 is 19.1 Å². The van der Waals surface area contributed by atoms with Crippen molar-refractivity contribution in [2.75, 3.05) is 46.4 Å². The van der Waals surface area contributed by atoms with E-state index in [1.165, 1.54) is 24.6 Å². The van der Waals surface area contributed by atoms with Crippen molar-refractivity contribution in [2.45, 2.75) is 17.7 Å². The van der Waals surface area contributed by atoms with Crippen LogP contribution in [0.2, 0.25) is 0 Å². The number of nitrogens with zero attached hydrogens (tertiary/aromatic N) is 2. The molecule has 2 aromatic carbocycles. The second-order valence-corrected chi connectivity index (χ2v) is 9.22. The molecule has 0 N–H and O–H groups in total. The topological polar surface area (TPSA) is 85.4 Å². The van der Waals surface area contributed by atoms with Crippen LogP contribution in [0.3, 0.4) is 0 Å². The highest BCUT2D eigenvalue weighted by atomic mass is 32.2. The molecule has 1 atom stereocenters. The first-order valence-electron chi connectivity index (χ1n) is 9.95. The molecule has 1 aliphatic heterocycles. The Morgan fingerprint density at radius 2 is 1.74 bits per heavy atom. The summed E-state index contributed by atoms with van der Waals surface area (Å²) in [5, 5.41) is 0. The number of methoxy groups -OCH3 is 3. The SMILES string of the molecule is COc1cccc(N(C)C(=O)[C@@H]2CCCN(S(=O)(=O)c3cc(OC)ccc3OC)C2)c1. The summed E-state index contributed by atoms with van der Waals surface area (Å²) in [4.78, 5) is 14.7. The van der Waals surface area contributed by atoms with Gasteiger partial charge >= 0.3 is 0 Å². The summed E-state index contributed by atoms with van der Waals surface area (Å²) in [5.41, 5.74) is 0.693. The number of hydrogen-bond acceptors (Lipinski definition) is 6. The van der Waals surface area contributed by atoms with Gasteiger partial charge in [-0.25, -0.2) is 8.42 Å². The van der Waals surface area contributed by atoms with Crippen molar-refractivity contribution in [1.29, 1.82) is 0 Å². The van der Waals surface area contributed by atoms with E-state index in [9.17, 15) is 13.2 Å². The number of rotatable bonds is 7. The smallest absolute Gasteiger partial charge is 0.246 e. The zero-order valence-electron chi connectivity index (χ0n) is 18.2. The van der Waals surface area contributed by atoms with Crippen LogP contribution in [0.1, 0.15) is 12.8 Å². The van der Waals surface area contributed by atoms with E-state index in [4.69, 9.17) is 14.2 Å². The molecule has 0 bridgehead atoms. The Hall–Kier alpha value is -2.78. The molecule has 168 valence electrons. The van der Waals surface area contributed by atoms with E-state index in [2.05, 4.69) is 0 Å². The first-order valence-corrected chi connectivity index (χ1v) is 11.4. The predicted octanol–water partition coefficient (Wildman–Crippen LogP) is 2.78. The molecule has 3 rings (SSSR count). The summed E-state index contributed by atoms with van der Waals surface area (Å²) in [6, 6.07) is 11.9. The molecule has 8 nitrogen and oxygen atoms in total. The lowest BCUT2D eigenvalue weighted by Crippen LogP contribution is -2.46. The minimum absolute atomic E-state index is 0.0311. The van der Waals surface area contributed by atoms with E-state index in [0.717, 1.165) is 0 Å². The van der Waals surface area contributed by atoms with Gasteiger partial charge in [0.25, 0.3) is 0 Å². The largest absolute Gasteiger partial charge is 0.497 e. The van der Waals surface area contributed by atoms with Crippen LogP contribution >= 0.6 is 0 Å². The lowest BCUT2D eigenvalue weighted by molar-refractivity contribution is -0.123. The number of carbonyl (C=O) groups is 1. The Labute approximate surface area is 183 Å². The van der Waals surface area contributed by atoms with E-state index in [-0.39, 0.29) is 23.1 Å². The van der Waals surface area contributed by atoms with Gasteiger partial charge in [0.05, 0.1) is 27.2 Å². The number of amides is 1. The fourth-order valence-corrected chi connectivity index (χ4v) is 5.40. The van der Waals surface area contributed by atoms with E-state index in [1.807, 2.05) is 12.1 Å². The zero-order chi connectivity index (χ0) is 22.6. The molecular formula is C22H28N2O6S. The molecule has 0 aliphatic carbocycles. The van der Waals surface area contributed by atoms with E-state index >= 15 is 0 Å². The average Bonchev–Trinajstić information content (AvgIpc) is 2.82. The first kappa shape index (κ1) is 22.9. The quantitative estimate of drug-likeness (QED) is 0.648. The lowest BCUT2D eigenvalue weighted by Gasteiger charge is -2.33. The normalized spacial score (nSPS) is 17.1. The van der Waals surface area contributed by atoms with Gasteiger partial charge in [-0.15, -0.1) is 0 Å². The van der Waals surface area contributed by atoms with Crippen LogP contribution in [0.15, 0.2) is 47.4 Å². The van der Waals surface area contributed by atoms with Gasteiger partial charge in [-0.1, -0.05) is 6.07 Å². The Morgan fingerprint density at radius 1 is 1.03 bits per heavy atom. The van der Waals surface area contributed by atoms with Gasteiger partial charge in [-0.2, -0.15) is 4.31 Å². The number of piperidine rings is 1. The highest BCUT2D eigenvalue weighted by Gasteiger charge is 2.36. The van der Waals surface area contributed by atoms with Crippen LogP contribution in [-0.4, -0.2) is 60.1 Å². The molecule has 0 aromatic heterocycles. The summed E-state index contributed by atoms with van der Waals surface area (Å²) in [6.45, 7) is 0.450. The number of ether oxygens (including phenoxy) is 3. The molecule has 0 spiro atoms. The third-order valence-electron chi connectivity index (χ3n) is 5.49. The van der Waals surface area contributed by atoms with Crippen LogP contribution in [0.5, 0.6) is 17.2 Å². The second-order valence-electron chi connectivity index (χ2n) is 7.32. The van der Waals surface area contributed by atoms with Crippen LogP contribution in [-0.2, 0) is 14.8 Å². The van der Waals surface area contributed by atoms with Crippen molar-refractivity contribution in [3.63, 3.8) is 0 Å². The number of sulfonamides is 1. The molecule has 1 heterocycles. The number of benzene rings is 2. The van der Waals surface area contributed by atoms with Crippen LogP contribution in [0.4, 0.5) is 5.69 Å². The van der Waals surface area contributed by atoms with E-state index in [1.54, 1.807) is 43.3 Å². The fourth-order valence-electron chi connectivity index (χ4n) is 3.71. The van der Waals surface area contributed by atoms with E-state index < -0.39 is 15.9 Å². The molecule has 1 aliphatic rings. The summed E-state index contributed by atoms with van der Waals surface area (Å²) in [6.07, 6.45) is 1.21. The molecule has 31 heavy (non-hydrogen) atoms. The molecule has 0 radical (unpaired) electrons. The van der Waals surface area contributed by atoms with Gasteiger partial charge in [0.15, 0.2) is 0 Å². The summed E-state index contributed by atoms with van der Waals surface area (Å²) in [7, 11) is 2.29. The maximum Gasteiger partial charge on any atom is 0.246 e. The van der Waals surface area contributed by atoms with Gasteiger partial charge in [-0.05, 0) is 37.1 Å². The molecular weight excluding hydrogens is 420 g/mol. The Kier molecular flexibility index (Phi) is 7.07. The minimum Gasteiger partial charge on any atom is -0.497 e. The molecule has 2 aromatic rings. The van der Waals surface area contributed by atoms with Crippen LogP contribution in [0.25, 0.3) is 0 Å². The number of hydrogen-bond donors (Lipinski definition) is 0. The molecule has 1 saturated heterocycles. The highest BCUT2D eigenvalue weighted by molar-refractivity contribution is 7.89. The van der Waals surface area contributed by atoms with Gasteiger partial charge < -0.3 is 19.1 Å². The van der Waals surface area contributed by atoms with Crippen molar-refractivity contribution in [3.8, 4) is 17.2 Å². The van der Waals surface area contributed by atoms with Gasteiger partial charge in [-0.3, -0.25) is 4.79 Å². The van der Waals surface area contributed by atoms with Gasteiger partial charge in [0.2, 0.25) is 15.9 Å². The third kappa shape index (κ3) is 4.77. The maximum atomic E-state index is 13.4. The molecule has 1 amide bonds. The summed E-state index contributed by atoms with van der Waals surface area (Å²) >= 11 is 0. The monoisotopic (exact) mass is 448 g/mol. The van der Waals surface area contributed by atoms with Crippen molar-refractivity contribution in [1.82, 2.24) is 4.31 Å². The van der Waals surface area contributed by atoms with Gasteiger partial charge in [0, 0.05) is 38.0 Å². The highest BCUT2D eigenvalue weighted by Crippen LogP contribution is 2.33. The van der Waals surface area contributed by atoms with Crippen molar-refractivity contribution >= 4 is 21.6 Å². The third-order valence-corrected chi connectivity index (χ3v) is 7.38. The predicted molar refractivity (Wildman–Crippen MR) is 117 cm³/mol. The average molecular weight is 449 g/mol. The minimum atomic E-state index is -3.87. The second kappa shape index (κ2) is 9.57. The van der Waals surface area contributed by atoms with E-state index in [0.29, 0.717) is 36.6 Å². The first-order chi connectivity index (χ1) is 14.8. The maximum absolute atomic E-state index is 13.4. The number of carbonyl (C=O) groups excluding carboxylic acids is 1. The summed E-state index contributed by atoms with van der Waals surface area (Å²) < 4.78 is 43.8. The Bertz CT molecular complexity index is 1040. The zero-order valence-corrected chi connectivity index (χ0v) is 19.0. The standard InChI is InChI=1S/C22H28N2O6S/c1-23(17-8-5-9-18(13-17)28-2)22(25)16-7-6-12-24(15-16)31(26,27)21-14-19(29-3)10-11-20(21)30-4/h5,8-11,13-14,16H,6-7,12,15H2,1-4H3/t16-/m1/s1. The summed E-state index contributed by atoms with van der Waals surface area (Å²) in [5.74, 6) is 0.724.